The van der Waals surface area contributed by atoms with Crippen molar-refractivity contribution in [3.8, 4) is 0 Å². The van der Waals surface area contributed by atoms with E-state index in [1.807, 2.05) is 18.2 Å². The summed E-state index contributed by atoms with van der Waals surface area (Å²) in [4.78, 5) is 4.81. The van der Waals surface area contributed by atoms with Gasteiger partial charge in [-0.15, -0.1) is 10.2 Å². The van der Waals surface area contributed by atoms with Gasteiger partial charge in [-0.05, 0) is 49.1 Å². The molecule has 1 aliphatic heterocycles. The molecule has 0 spiro atoms. The van der Waals surface area contributed by atoms with Crippen LogP contribution in [-0.4, -0.2) is 17.0 Å². The number of hydrogen-bond donors (Lipinski definition) is 0. The van der Waals surface area contributed by atoms with Gasteiger partial charge in [-0.2, -0.15) is 0 Å². The smallest absolute Gasteiger partial charge is 0.117 e. The highest BCUT2D eigenvalue weighted by molar-refractivity contribution is 6.21. The first-order chi connectivity index (χ1) is 8.25. The SMILES string of the molecule is CC(C)(C)CC(C)(C)N=C1C=CC2=NN=NC2=C1. The molecular formula is C14H20N4. The Hall–Kier alpha value is -1.58. The van der Waals surface area contributed by atoms with Crippen molar-refractivity contribution in [2.45, 2.75) is 46.6 Å². The Morgan fingerprint density at radius 3 is 2.50 bits per heavy atom. The Kier molecular flexibility index (Phi) is 3.05. The van der Waals surface area contributed by atoms with Crippen molar-refractivity contribution in [3.63, 3.8) is 0 Å². The molecule has 96 valence electrons. The maximum absolute atomic E-state index is 4.81. The first-order valence-corrected chi connectivity index (χ1v) is 6.24. The molecule has 1 heterocycles. The lowest BCUT2D eigenvalue weighted by molar-refractivity contribution is 0.288. The first-order valence-electron chi connectivity index (χ1n) is 6.24. The molecule has 0 atom stereocenters. The molecule has 18 heavy (non-hydrogen) atoms. The summed E-state index contributed by atoms with van der Waals surface area (Å²) < 4.78 is 0. The van der Waals surface area contributed by atoms with Gasteiger partial charge >= 0.3 is 0 Å². The fraction of sp³-hybridized carbons (Fsp3) is 0.571. The van der Waals surface area contributed by atoms with E-state index in [2.05, 4.69) is 50.1 Å². The third-order valence-corrected chi connectivity index (χ3v) is 2.66. The highest BCUT2D eigenvalue weighted by atomic mass is 15.4. The number of rotatable bonds is 2. The molecule has 0 saturated carbocycles. The van der Waals surface area contributed by atoms with Crippen LogP contribution in [0.25, 0.3) is 0 Å². The van der Waals surface area contributed by atoms with Gasteiger partial charge in [-0.25, -0.2) is 0 Å². The van der Waals surface area contributed by atoms with E-state index in [-0.39, 0.29) is 11.0 Å². The second-order valence-electron chi connectivity index (χ2n) is 6.62. The molecule has 4 nitrogen and oxygen atoms in total. The summed E-state index contributed by atoms with van der Waals surface area (Å²) in [6.45, 7) is 11.0. The molecule has 0 bridgehead atoms. The Bertz CT molecular complexity index is 496. The van der Waals surface area contributed by atoms with Gasteiger partial charge in [-0.1, -0.05) is 20.8 Å². The highest BCUT2D eigenvalue weighted by Gasteiger charge is 2.25. The summed E-state index contributed by atoms with van der Waals surface area (Å²) >= 11 is 0. The monoisotopic (exact) mass is 244 g/mol. The molecule has 0 aromatic carbocycles. The highest BCUT2D eigenvalue weighted by Crippen LogP contribution is 2.30. The van der Waals surface area contributed by atoms with Gasteiger partial charge in [0.05, 0.1) is 11.3 Å². The number of fused-ring (bicyclic) bond motifs is 1. The van der Waals surface area contributed by atoms with Gasteiger partial charge in [0.1, 0.15) is 11.4 Å². The molecule has 0 aromatic heterocycles. The van der Waals surface area contributed by atoms with Crippen molar-refractivity contribution in [1.29, 1.82) is 0 Å². The van der Waals surface area contributed by atoms with E-state index < -0.39 is 0 Å². The Labute approximate surface area is 108 Å². The Balaban J connectivity index is 2.20. The molecule has 2 aliphatic rings. The van der Waals surface area contributed by atoms with Crippen molar-refractivity contribution >= 4 is 11.4 Å². The number of allylic oxidation sites excluding steroid dienone is 3. The van der Waals surface area contributed by atoms with Crippen molar-refractivity contribution < 1.29 is 0 Å². The molecule has 0 fully saturated rings. The maximum atomic E-state index is 4.81. The van der Waals surface area contributed by atoms with Gasteiger partial charge in [0, 0.05) is 0 Å². The quantitative estimate of drug-likeness (QED) is 0.661. The lowest BCUT2D eigenvalue weighted by atomic mass is 9.82. The molecule has 0 radical (unpaired) electrons. The third kappa shape index (κ3) is 3.22. The average Bonchev–Trinajstić information content (AvgIpc) is 2.59. The zero-order valence-electron chi connectivity index (χ0n) is 11.7. The van der Waals surface area contributed by atoms with Crippen LogP contribution in [-0.2, 0) is 0 Å². The lowest BCUT2D eigenvalue weighted by Crippen LogP contribution is -2.26. The number of aliphatic imine (C=N–C) groups is 1. The second kappa shape index (κ2) is 4.26. The number of nitrogens with zero attached hydrogens (tertiary/aromatic N) is 4. The lowest BCUT2D eigenvalue weighted by Gasteiger charge is -2.29. The fourth-order valence-corrected chi connectivity index (χ4v) is 2.55. The van der Waals surface area contributed by atoms with Gasteiger partial charge in [0.25, 0.3) is 0 Å². The minimum Gasteiger partial charge on any atom is -0.279 e. The minimum atomic E-state index is -0.0840. The minimum absolute atomic E-state index is 0.0840. The van der Waals surface area contributed by atoms with Crippen LogP contribution in [0.5, 0.6) is 0 Å². The van der Waals surface area contributed by atoms with Crippen LogP contribution in [0, 0.1) is 5.41 Å². The zero-order valence-corrected chi connectivity index (χ0v) is 11.7. The predicted octanol–water partition coefficient (Wildman–Crippen LogP) is 3.92. The van der Waals surface area contributed by atoms with E-state index >= 15 is 0 Å². The molecule has 0 N–H and O–H groups in total. The van der Waals surface area contributed by atoms with Crippen LogP contribution in [0.15, 0.2) is 44.4 Å². The summed E-state index contributed by atoms with van der Waals surface area (Å²) in [5.74, 6) is 0. The summed E-state index contributed by atoms with van der Waals surface area (Å²) in [5.41, 5.74) is 2.75. The summed E-state index contributed by atoms with van der Waals surface area (Å²) in [6.07, 6.45) is 6.87. The maximum Gasteiger partial charge on any atom is 0.117 e. The van der Waals surface area contributed by atoms with Crippen LogP contribution in [0.1, 0.15) is 41.0 Å². The summed E-state index contributed by atoms with van der Waals surface area (Å²) in [6, 6.07) is 0. The van der Waals surface area contributed by atoms with Gasteiger partial charge in [0.2, 0.25) is 0 Å². The standard InChI is InChI=1S/C14H20N4/c1-13(2,3)9-14(4,5)15-10-6-7-11-12(8-10)17-18-16-11/h6-8H,9H2,1-5H3. The molecule has 0 unspecified atom stereocenters. The molecule has 4 heteroatoms. The summed E-state index contributed by atoms with van der Waals surface area (Å²) in [7, 11) is 0. The molecule has 2 rings (SSSR count). The van der Waals surface area contributed by atoms with E-state index in [0.29, 0.717) is 0 Å². The molecule has 0 saturated heterocycles. The average molecular weight is 244 g/mol. The van der Waals surface area contributed by atoms with Crippen molar-refractivity contribution in [2.24, 2.45) is 25.8 Å². The Morgan fingerprint density at radius 2 is 1.83 bits per heavy atom. The summed E-state index contributed by atoms with van der Waals surface area (Å²) in [5, 5.41) is 11.5. The van der Waals surface area contributed by atoms with E-state index in [4.69, 9.17) is 4.99 Å². The number of hydrogen-bond acceptors (Lipinski definition) is 4. The largest absolute Gasteiger partial charge is 0.279 e. The molecule has 0 amide bonds. The third-order valence-electron chi connectivity index (χ3n) is 2.66. The van der Waals surface area contributed by atoms with Crippen LogP contribution in [0.4, 0.5) is 0 Å². The van der Waals surface area contributed by atoms with Crippen LogP contribution in [0.2, 0.25) is 0 Å². The van der Waals surface area contributed by atoms with Crippen molar-refractivity contribution in [3.05, 3.63) is 23.9 Å². The van der Waals surface area contributed by atoms with Crippen molar-refractivity contribution in [2.75, 3.05) is 0 Å². The van der Waals surface area contributed by atoms with Gasteiger partial charge in [-0.3, -0.25) is 4.99 Å². The zero-order chi connectivity index (χ0) is 13.4. The molecule has 0 aromatic rings. The molecule has 1 aliphatic carbocycles. The van der Waals surface area contributed by atoms with Crippen LogP contribution in [0.3, 0.4) is 0 Å². The normalized spacial score (nSPS) is 21.1. The molecular weight excluding hydrogens is 224 g/mol. The first kappa shape index (κ1) is 12.9. The van der Waals surface area contributed by atoms with Gasteiger partial charge in [0.15, 0.2) is 0 Å². The van der Waals surface area contributed by atoms with E-state index in [9.17, 15) is 0 Å². The van der Waals surface area contributed by atoms with E-state index in [0.717, 1.165) is 23.5 Å². The topological polar surface area (TPSA) is 49.4 Å². The second-order valence-corrected chi connectivity index (χ2v) is 6.62. The fourth-order valence-electron chi connectivity index (χ4n) is 2.55. The van der Waals surface area contributed by atoms with E-state index in [1.54, 1.807) is 0 Å². The van der Waals surface area contributed by atoms with Crippen molar-refractivity contribution in [1.82, 2.24) is 0 Å². The van der Waals surface area contributed by atoms with Crippen LogP contribution < -0.4 is 0 Å². The van der Waals surface area contributed by atoms with Gasteiger partial charge < -0.3 is 0 Å². The Morgan fingerprint density at radius 1 is 1.11 bits per heavy atom. The predicted molar refractivity (Wildman–Crippen MR) is 75.1 cm³/mol. The van der Waals surface area contributed by atoms with Crippen LogP contribution >= 0.6 is 0 Å². The van der Waals surface area contributed by atoms with E-state index in [1.165, 1.54) is 0 Å².